The van der Waals surface area contributed by atoms with Gasteiger partial charge >= 0.3 is 0 Å². The standard InChI is InChI=1S/C27H37N5O3/c1-18-6-4-8-23(20(18)3)29-12-14-30(15-13-29)25(34)17-32-24-9-5-7-22(24)26(28-32)27(35)31-11-10-21(33)16-19(31)2/h4,6,8,19,21,33H,5,7,9-17H2,1-3H3/t19-,21+/m0/s1. The molecule has 5 rings (SSSR count). The summed E-state index contributed by atoms with van der Waals surface area (Å²) in [5, 5.41) is 14.6. The fraction of sp³-hybridized carbons (Fsp3) is 0.593. The Balaban J connectivity index is 1.26. The molecule has 0 saturated carbocycles. The minimum absolute atomic E-state index is 0.0107. The number of aliphatic hydroxyl groups excluding tert-OH is 1. The third kappa shape index (κ3) is 4.56. The minimum atomic E-state index is -0.342. The van der Waals surface area contributed by atoms with Gasteiger partial charge in [-0.15, -0.1) is 0 Å². The zero-order chi connectivity index (χ0) is 24.7. The predicted molar refractivity (Wildman–Crippen MR) is 135 cm³/mol. The van der Waals surface area contributed by atoms with Gasteiger partial charge in [0.25, 0.3) is 5.91 Å². The summed E-state index contributed by atoms with van der Waals surface area (Å²) in [5.41, 5.74) is 6.40. The van der Waals surface area contributed by atoms with E-state index in [0.717, 1.165) is 43.6 Å². The second kappa shape index (κ2) is 9.64. The highest BCUT2D eigenvalue weighted by atomic mass is 16.3. The SMILES string of the molecule is Cc1cccc(N2CCN(C(=O)Cn3nc(C(=O)N4CC[C@@H](O)C[C@@H]4C)c4c3CCC4)CC2)c1C. The fourth-order valence-electron chi connectivity index (χ4n) is 5.90. The number of hydrogen-bond acceptors (Lipinski definition) is 5. The molecule has 0 spiro atoms. The van der Waals surface area contributed by atoms with E-state index in [1.807, 2.05) is 16.7 Å². The van der Waals surface area contributed by atoms with Crippen LogP contribution in [0, 0.1) is 13.8 Å². The Morgan fingerprint density at radius 3 is 2.60 bits per heavy atom. The number of likely N-dealkylation sites (tertiary alicyclic amines) is 1. The van der Waals surface area contributed by atoms with E-state index in [0.29, 0.717) is 38.2 Å². The number of benzene rings is 1. The molecule has 0 bridgehead atoms. The van der Waals surface area contributed by atoms with Crippen molar-refractivity contribution in [1.29, 1.82) is 0 Å². The number of fused-ring (bicyclic) bond motifs is 1. The third-order valence-corrected chi connectivity index (χ3v) is 8.15. The van der Waals surface area contributed by atoms with E-state index in [4.69, 9.17) is 0 Å². The van der Waals surface area contributed by atoms with Crippen molar-refractivity contribution in [2.75, 3.05) is 37.6 Å². The number of aliphatic hydroxyl groups is 1. The van der Waals surface area contributed by atoms with Gasteiger partial charge in [-0.05, 0) is 70.1 Å². The van der Waals surface area contributed by atoms with Crippen LogP contribution in [0.4, 0.5) is 5.69 Å². The number of piperazine rings is 1. The van der Waals surface area contributed by atoms with Crippen LogP contribution in [0.1, 0.15) is 59.1 Å². The number of aryl methyl sites for hydroxylation is 1. The first-order valence-electron chi connectivity index (χ1n) is 13.0. The number of nitrogens with zero attached hydrogens (tertiary/aromatic N) is 5. The minimum Gasteiger partial charge on any atom is -0.393 e. The molecule has 8 nitrogen and oxygen atoms in total. The number of carbonyl (C=O) groups is 2. The van der Waals surface area contributed by atoms with Crippen LogP contribution in [-0.4, -0.2) is 81.4 Å². The summed E-state index contributed by atoms with van der Waals surface area (Å²) in [4.78, 5) is 32.7. The number of rotatable bonds is 4. The van der Waals surface area contributed by atoms with Crippen molar-refractivity contribution in [3.8, 4) is 0 Å². The summed E-state index contributed by atoms with van der Waals surface area (Å²) in [6.07, 6.45) is 3.55. The maximum absolute atomic E-state index is 13.4. The lowest BCUT2D eigenvalue weighted by molar-refractivity contribution is -0.132. The first kappa shape index (κ1) is 23.9. The first-order chi connectivity index (χ1) is 16.8. The molecule has 1 aromatic carbocycles. The van der Waals surface area contributed by atoms with Gasteiger partial charge < -0.3 is 19.8 Å². The van der Waals surface area contributed by atoms with E-state index >= 15 is 0 Å². The monoisotopic (exact) mass is 479 g/mol. The van der Waals surface area contributed by atoms with Crippen molar-refractivity contribution in [2.45, 2.75) is 71.6 Å². The molecule has 2 aliphatic heterocycles. The maximum Gasteiger partial charge on any atom is 0.274 e. The van der Waals surface area contributed by atoms with Crippen molar-refractivity contribution in [3.05, 3.63) is 46.3 Å². The topological polar surface area (TPSA) is 81.9 Å². The quantitative estimate of drug-likeness (QED) is 0.728. The highest BCUT2D eigenvalue weighted by Crippen LogP contribution is 2.29. The fourth-order valence-corrected chi connectivity index (χ4v) is 5.90. The molecule has 188 valence electrons. The number of aromatic nitrogens is 2. The second-order valence-electron chi connectivity index (χ2n) is 10.4. The van der Waals surface area contributed by atoms with Gasteiger partial charge in [0.05, 0.1) is 6.10 Å². The van der Waals surface area contributed by atoms with E-state index < -0.39 is 0 Å². The van der Waals surface area contributed by atoms with Gasteiger partial charge in [-0.25, -0.2) is 0 Å². The summed E-state index contributed by atoms with van der Waals surface area (Å²) in [7, 11) is 0. The van der Waals surface area contributed by atoms with Crippen LogP contribution in [0.5, 0.6) is 0 Å². The molecule has 1 aromatic heterocycles. The van der Waals surface area contributed by atoms with Crippen molar-refractivity contribution in [3.63, 3.8) is 0 Å². The van der Waals surface area contributed by atoms with Crippen molar-refractivity contribution in [1.82, 2.24) is 19.6 Å². The molecule has 2 amide bonds. The molecule has 2 saturated heterocycles. The van der Waals surface area contributed by atoms with E-state index in [1.165, 1.54) is 16.8 Å². The van der Waals surface area contributed by atoms with Gasteiger partial charge in [-0.3, -0.25) is 14.3 Å². The van der Waals surface area contributed by atoms with Gasteiger partial charge in [-0.1, -0.05) is 12.1 Å². The van der Waals surface area contributed by atoms with Crippen LogP contribution in [0.2, 0.25) is 0 Å². The summed E-state index contributed by atoms with van der Waals surface area (Å²) in [6, 6.07) is 6.38. The Morgan fingerprint density at radius 2 is 1.86 bits per heavy atom. The molecule has 1 aliphatic carbocycles. The van der Waals surface area contributed by atoms with Crippen LogP contribution in [-0.2, 0) is 24.2 Å². The Hall–Kier alpha value is -2.87. The lowest BCUT2D eigenvalue weighted by Gasteiger charge is -2.37. The molecule has 0 unspecified atom stereocenters. The maximum atomic E-state index is 13.4. The number of anilines is 1. The Bertz CT molecular complexity index is 1120. The van der Waals surface area contributed by atoms with Gasteiger partial charge in [0.15, 0.2) is 5.69 Å². The number of hydrogen-bond donors (Lipinski definition) is 1. The summed E-state index contributed by atoms with van der Waals surface area (Å²) in [6.45, 7) is 10.0. The molecular formula is C27H37N5O3. The Morgan fingerprint density at radius 1 is 1.09 bits per heavy atom. The molecule has 0 radical (unpaired) electrons. The largest absolute Gasteiger partial charge is 0.393 e. The van der Waals surface area contributed by atoms with Gasteiger partial charge in [0.2, 0.25) is 5.91 Å². The molecular weight excluding hydrogens is 442 g/mol. The number of carbonyl (C=O) groups excluding carboxylic acids is 2. The summed E-state index contributed by atoms with van der Waals surface area (Å²) < 4.78 is 1.79. The van der Waals surface area contributed by atoms with E-state index in [2.05, 4.69) is 42.0 Å². The zero-order valence-electron chi connectivity index (χ0n) is 21.2. The lowest BCUT2D eigenvalue weighted by atomic mass is 10.00. The van der Waals surface area contributed by atoms with Gasteiger partial charge in [0.1, 0.15) is 6.54 Å². The van der Waals surface area contributed by atoms with E-state index in [-0.39, 0.29) is 30.5 Å². The third-order valence-electron chi connectivity index (χ3n) is 8.15. The molecule has 1 N–H and O–H groups in total. The zero-order valence-corrected chi connectivity index (χ0v) is 21.2. The molecule has 35 heavy (non-hydrogen) atoms. The van der Waals surface area contributed by atoms with Gasteiger partial charge in [0, 0.05) is 55.7 Å². The Kier molecular flexibility index (Phi) is 6.57. The van der Waals surface area contributed by atoms with Gasteiger partial charge in [-0.2, -0.15) is 5.10 Å². The van der Waals surface area contributed by atoms with Crippen molar-refractivity contribution >= 4 is 17.5 Å². The van der Waals surface area contributed by atoms with Crippen LogP contribution < -0.4 is 4.90 Å². The van der Waals surface area contributed by atoms with E-state index in [1.54, 1.807) is 4.68 Å². The highest BCUT2D eigenvalue weighted by Gasteiger charge is 2.34. The predicted octanol–water partition coefficient (Wildman–Crippen LogP) is 2.32. The second-order valence-corrected chi connectivity index (χ2v) is 10.4. The van der Waals surface area contributed by atoms with Crippen LogP contribution >= 0.6 is 0 Å². The van der Waals surface area contributed by atoms with E-state index in [9.17, 15) is 14.7 Å². The normalized spacial score (nSPS) is 22.5. The van der Waals surface area contributed by atoms with Crippen molar-refractivity contribution < 1.29 is 14.7 Å². The molecule has 2 aromatic rings. The number of piperidine rings is 1. The van der Waals surface area contributed by atoms with Crippen LogP contribution in [0.25, 0.3) is 0 Å². The molecule has 3 aliphatic rings. The lowest BCUT2D eigenvalue weighted by Crippen LogP contribution is -2.50. The van der Waals surface area contributed by atoms with Crippen LogP contribution in [0.15, 0.2) is 18.2 Å². The van der Waals surface area contributed by atoms with Crippen LogP contribution in [0.3, 0.4) is 0 Å². The molecule has 2 atom stereocenters. The highest BCUT2D eigenvalue weighted by molar-refractivity contribution is 5.94. The molecule has 3 heterocycles. The summed E-state index contributed by atoms with van der Waals surface area (Å²) in [5.74, 6) is 0.00663. The average molecular weight is 480 g/mol. The average Bonchev–Trinajstić information content (AvgIpc) is 3.44. The molecule has 2 fully saturated rings. The Labute approximate surface area is 207 Å². The van der Waals surface area contributed by atoms with Crippen molar-refractivity contribution in [2.24, 2.45) is 0 Å². The molecule has 8 heteroatoms. The first-order valence-corrected chi connectivity index (χ1v) is 13.0. The summed E-state index contributed by atoms with van der Waals surface area (Å²) >= 11 is 0. The smallest absolute Gasteiger partial charge is 0.274 e. The number of amides is 2.